The number of nitrogens with two attached hydrogens (primary N) is 1. The number of aromatic nitrogens is 2. The number of aryl methyl sites for hydroxylation is 1. The summed E-state index contributed by atoms with van der Waals surface area (Å²) in [7, 11) is 0. The summed E-state index contributed by atoms with van der Waals surface area (Å²) >= 11 is 1.60. The Morgan fingerprint density at radius 1 is 1.13 bits per heavy atom. The van der Waals surface area contributed by atoms with E-state index in [-0.39, 0.29) is 0 Å². The molecule has 0 aliphatic rings. The second-order valence-corrected chi connectivity index (χ2v) is 4.26. The van der Waals surface area contributed by atoms with E-state index >= 15 is 0 Å². The normalized spacial score (nSPS) is 10.2. The smallest absolute Gasteiger partial charge is 0.116 e. The predicted octanol–water partition coefficient (Wildman–Crippen LogP) is 2.52. The third kappa shape index (κ3) is 2.70. The van der Waals surface area contributed by atoms with E-state index in [0.717, 1.165) is 21.3 Å². The van der Waals surface area contributed by atoms with Gasteiger partial charge < -0.3 is 5.73 Å². The zero-order valence-corrected chi connectivity index (χ0v) is 9.16. The first-order valence-electron chi connectivity index (χ1n) is 4.56. The molecule has 0 radical (unpaired) electrons. The number of nitrogen functional groups attached to an aromatic ring is 1. The van der Waals surface area contributed by atoms with Gasteiger partial charge in [-0.25, -0.2) is 9.97 Å². The molecule has 2 rings (SSSR count). The summed E-state index contributed by atoms with van der Waals surface area (Å²) in [6, 6.07) is 9.70. The van der Waals surface area contributed by atoms with Crippen LogP contribution in [0.1, 0.15) is 5.69 Å². The molecule has 1 heterocycles. The molecule has 0 spiro atoms. The maximum absolute atomic E-state index is 5.61. The largest absolute Gasteiger partial charge is 0.399 e. The van der Waals surface area contributed by atoms with Crippen molar-refractivity contribution in [2.75, 3.05) is 5.73 Å². The van der Waals surface area contributed by atoms with Gasteiger partial charge in [-0.1, -0.05) is 11.8 Å². The summed E-state index contributed by atoms with van der Waals surface area (Å²) in [4.78, 5) is 9.36. The molecule has 0 amide bonds. The van der Waals surface area contributed by atoms with E-state index in [4.69, 9.17) is 5.73 Å². The Morgan fingerprint density at radius 2 is 1.87 bits per heavy atom. The van der Waals surface area contributed by atoms with Crippen LogP contribution in [0, 0.1) is 6.92 Å². The minimum atomic E-state index is 0.776. The van der Waals surface area contributed by atoms with Crippen LogP contribution in [0.25, 0.3) is 0 Å². The molecule has 2 N–H and O–H groups in total. The van der Waals surface area contributed by atoms with Gasteiger partial charge in [-0.05, 0) is 37.3 Å². The molecular formula is C11H11N3S. The minimum absolute atomic E-state index is 0.776. The van der Waals surface area contributed by atoms with Crippen molar-refractivity contribution in [3.8, 4) is 0 Å². The highest BCUT2D eigenvalue weighted by molar-refractivity contribution is 7.99. The minimum Gasteiger partial charge on any atom is -0.399 e. The van der Waals surface area contributed by atoms with Gasteiger partial charge in [0.05, 0.1) is 0 Å². The average Bonchev–Trinajstić information content (AvgIpc) is 2.22. The van der Waals surface area contributed by atoms with Crippen molar-refractivity contribution < 1.29 is 0 Å². The first-order chi connectivity index (χ1) is 7.24. The third-order valence-electron chi connectivity index (χ3n) is 1.88. The molecule has 0 unspecified atom stereocenters. The van der Waals surface area contributed by atoms with Crippen LogP contribution in [0.5, 0.6) is 0 Å². The van der Waals surface area contributed by atoms with Crippen LogP contribution in [0.2, 0.25) is 0 Å². The number of hydrogen-bond acceptors (Lipinski definition) is 4. The van der Waals surface area contributed by atoms with Gasteiger partial charge in [0.1, 0.15) is 11.4 Å². The molecule has 4 heteroatoms. The van der Waals surface area contributed by atoms with E-state index < -0.39 is 0 Å². The summed E-state index contributed by atoms with van der Waals surface area (Å²) in [6.07, 6.45) is 1.58. The van der Waals surface area contributed by atoms with Crippen LogP contribution in [-0.4, -0.2) is 9.97 Å². The lowest BCUT2D eigenvalue weighted by Crippen LogP contribution is -1.86. The molecule has 0 bridgehead atoms. The summed E-state index contributed by atoms with van der Waals surface area (Å²) < 4.78 is 0. The lowest BCUT2D eigenvalue weighted by atomic mass is 10.3. The van der Waals surface area contributed by atoms with Crippen molar-refractivity contribution >= 4 is 17.4 Å². The number of hydrogen-bond donors (Lipinski definition) is 1. The fourth-order valence-corrected chi connectivity index (χ4v) is 1.99. The Bertz CT molecular complexity index is 454. The molecule has 3 nitrogen and oxygen atoms in total. The first kappa shape index (κ1) is 9.98. The van der Waals surface area contributed by atoms with Crippen molar-refractivity contribution in [3.63, 3.8) is 0 Å². The highest BCUT2D eigenvalue weighted by Crippen LogP contribution is 2.26. The molecule has 0 saturated carbocycles. The van der Waals surface area contributed by atoms with Gasteiger partial charge in [0.2, 0.25) is 0 Å². The summed E-state index contributed by atoms with van der Waals surface area (Å²) in [5.74, 6) is 0. The van der Waals surface area contributed by atoms with Crippen LogP contribution in [0.3, 0.4) is 0 Å². The SMILES string of the molecule is Cc1cc(Sc2ccc(N)cc2)ncn1. The number of nitrogens with zero attached hydrogens (tertiary/aromatic N) is 2. The van der Waals surface area contributed by atoms with Crippen molar-refractivity contribution in [2.24, 2.45) is 0 Å². The van der Waals surface area contributed by atoms with Gasteiger partial charge in [0.25, 0.3) is 0 Å². The second kappa shape index (κ2) is 4.31. The van der Waals surface area contributed by atoms with E-state index in [1.165, 1.54) is 0 Å². The maximum atomic E-state index is 5.61. The zero-order valence-electron chi connectivity index (χ0n) is 8.34. The molecule has 1 aromatic carbocycles. The van der Waals surface area contributed by atoms with E-state index in [2.05, 4.69) is 9.97 Å². The van der Waals surface area contributed by atoms with E-state index in [1.54, 1.807) is 18.1 Å². The molecule has 0 saturated heterocycles. The van der Waals surface area contributed by atoms with Crippen molar-refractivity contribution in [1.82, 2.24) is 9.97 Å². The number of benzene rings is 1. The molecule has 1 aromatic heterocycles. The lowest BCUT2D eigenvalue weighted by Gasteiger charge is -2.01. The van der Waals surface area contributed by atoms with E-state index in [0.29, 0.717) is 0 Å². The van der Waals surface area contributed by atoms with Crippen molar-refractivity contribution in [1.29, 1.82) is 0 Å². The number of rotatable bonds is 2. The van der Waals surface area contributed by atoms with Gasteiger partial charge in [-0.3, -0.25) is 0 Å². The Kier molecular flexibility index (Phi) is 2.87. The Labute approximate surface area is 92.8 Å². The fraction of sp³-hybridized carbons (Fsp3) is 0.0909. The average molecular weight is 217 g/mol. The van der Waals surface area contributed by atoms with Crippen molar-refractivity contribution in [2.45, 2.75) is 16.8 Å². The molecule has 0 atom stereocenters. The van der Waals surface area contributed by atoms with Crippen LogP contribution in [0.15, 0.2) is 46.6 Å². The molecule has 0 fully saturated rings. The van der Waals surface area contributed by atoms with E-state index in [1.807, 2.05) is 37.3 Å². The Balaban J connectivity index is 2.18. The predicted molar refractivity (Wildman–Crippen MR) is 61.7 cm³/mol. The van der Waals surface area contributed by atoms with Crippen molar-refractivity contribution in [3.05, 3.63) is 42.4 Å². The standard InChI is InChI=1S/C11H11N3S/c1-8-6-11(14-7-13-8)15-10-4-2-9(12)3-5-10/h2-7H,12H2,1H3. The van der Waals surface area contributed by atoms with Crippen LogP contribution >= 0.6 is 11.8 Å². The molecule has 2 aromatic rings. The highest BCUT2D eigenvalue weighted by atomic mass is 32.2. The van der Waals surface area contributed by atoms with Gasteiger partial charge >= 0.3 is 0 Å². The highest BCUT2D eigenvalue weighted by Gasteiger charge is 1.98. The maximum Gasteiger partial charge on any atom is 0.116 e. The summed E-state index contributed by atoms with van der Waals surface area (Å²) in [5, 5.41) is 0.951. The van der Waals surface area contributed by atoms with Crippen LogP contribution < -0.4 is 5.73 Å². The first-order valence-corrected chi connectivity index (χ1v) is 5.38. The Hall–Kier alpha value is -1.55. The monoisotopic (exact) mass is 217 g/mol. The van der Waals surface area contributed by atoms with Gasteiger partial charge in [0, 0.05) is 16.3 Å². The number of anilines is 1. The summed E-state index contributed by atoms with van der Waals surface area (Å²) in [6.45, 7) is 1.95. The molecule has 15 heavy (non-hydrogen) atoms. The zero-order chi connectivity index (χ0) is 10.7. The van der Waals surface area contributed by atoms with Gasteiger partial charge in [0.15, 0.2) is 0 Å². The van der Waals surface area contributed by atoms with Gasteiger partial charge in [-0.2, -0.15) is 0 Å². The third-order valence-corrected chi connectivity index (χ3v) is 2.82. The Morgan fingerprint density at radius 3 is 2.53 bits per heavy atom. The van der Waals surface area contributed by atoms with Crippen LogP contribution in [0.4, 0.5) is 5.69 Å². The van der Waals surface area contributed by atoms with Gasteiger partial charge in [-0.15, -0.1) is 0 Å². The quantitative estimate of drug-likeness (QED) is 0.620. The molecule has 0 aliphatic carbocycles. The fourth-order valence-electron chi connectivity index (χ4n) is 1.14. The molecule has 0 aliphatic heterocycles. The summed E-state index contributed by atoms with van der Waals surface area (Å²) in [5.41, 5.74) is 7.36. The molecular weight excluding hydrogens is 206 g/mol. The van der Waals surface area contributed by atoms with Crippen LogP contribution in [-0.2, 0) is 0 Å². The molecule has 76 valence electrons. The second-order valence-electron chi connectivity index (χ2n) is 3.17. The van der Waals surface area contributed by atoms with E-state index in [9.17, 15) is 0 Å². The lowest BCUT2D eigenvalue weighted by molar-refractivity contribution is 1.01. The topological polar surface area (TPSA) is 51.8 Å².